The van der Waals surface area contributed by atoms with Crippen molar-refractivity contribution in [2.75, 3.05) is 0 Å². The van der Waals surface area contributed by atoms with Gasteiger partial charge in [0.05, 0.1) is 0 Å². The van der Waals surface area contributed by atoms with Gasteiger partial charge in [-0.05, 0) is 106 Å². The second-order valence-electron chi connectivity index (χ2n) is 9.17. The standard InChI is InChI=1S/C30H48/c1-25(2)15-11-19-29(7)23-13-21-27(5)17-9-10-18-28(6)22-14-24-30(8)20-12-16-26(3)4/h9,15-17,23-24H,5-6,10-14,18-22H2,1-4,7-8H3/b17-9+,29-23+,30-24+. The predicted octanol–water partition coefficient (Wildman–Crippen LogP) is 10.4. The van der Waals surface area contributed by atoms with Gasteiger partial charge in [-0.15, -0.1) is 0 Å². The molecule has 0 atom stereocenters. The Morgan fingerprint density at radius 2 is 0.967 bits per heavy atom. The Morgan fingerprint density at radius 1 is 0.533 bits per heavy atom. The average Bonchev–Trinajstić information content (AvgIpc) is 2.64. The molecule has 0 saturated carbocycles. The second kappa shape index (κ2) is 18.0. The first-order chi connectivity index (χ1) is 14.2. The molecule has 0 heterocycles. The van der Waals surface area contributed by atoms with Crippen molar-refractivity contribution in [3.63, 3.8) is 0 Å². The van der Waals surface area contributed by atoms with E-state index in [4.69, 9.17) is 0 Å². The molecule has 0 aromatic rings. The summed E-state index contributed by atoms with van der Waals surface area (Å²) in [5.41, 5.74) is 8.39. The van der Waals surface area contributed by atoms with Crippen molar-refractivity contribution in [1.82, 2.24) is 0 Å². The molecular formula is C30H48. The summed E-state index contributed by atoms with van der Waals surface area (Å²) in [6.07, 6.45) is 25.0. The Hall–Kier alpha value is -1.82. The Balaban J connectivity index is 3.94. The fourth-order valence-corrected chi connectivity index (χ4v) is 3.15. The molecule has 0 bridgehead atoms. The maximum atomic E-state index is 4.25. The van der Waals surface area contributed by atoms with E-state index in [1.54, 1.807) is 0 Å². The van der Waals surface area contributed by atoms with E-state index in [1.165, 1.54) is 46.3 Å². The molecule has 0 heteroatoms. The molecule has 0 rings (SSSR count). The van der Waals surface area contributed by atoms with E-state index < -0.39 is 0 Å². The van der Waals surface area contributed by atoms with Crippen molar-refractivity contribution in [3.8, 4) is 0 Å². The highest BCUT2D eigenvalue weighted by molar-refractivity contribution is 5.16. The first-order valence-corrected chi connectivity index (χ1v) is 11.8. The Bertz CT molecular complexity index is 650. The van der Waals surface area contributed by atoms with Gasteiger partial charge in [-0.3, -0.25) is 0 Å². The second-order valence-corrected chi connectivity index (χ2v) is 9.17. The quantitative estimate of drug-likeness (QED) is 0.176. The van der Waals surface area contributed by atoms with Crippen molar-refractivity contribution in [1.29, 1.82) is 0 Å². The molecule has 0 aromatic heterocycles. The van der Waals surface area contributed by atoms with Crippen molar-refractivity contribution in [3.05, 3.63) is 83.1 Å². The summed E-state index contributed by atoms with van der Waals surface area (Å²) in [5, 5.41) is 0. The highest BCUT2D eigenvalue weighted by Gasteiger charge is 1.95. The summed E-state index contributed by atoms with van der Waals surface area (Å²) in [4.78, 5) is 0. The van der Waals surface area contributed by atoms with Gasteiger partial charge in [0.1, 0.15) is 0 Å². The summed E-state index contributed by atoms with van der Waals surface area (Å²) in [6.45, 7) is 21.6. The van der Waals surface area contributed by atoms with Crippen molar-refractivity contribution >= 4 is 0 Å². The molecule has 0 unspecified atom stereocenters. The molecule has 0 saturated heterocycles. The van der Waals surface area contributed by atoms with E-state index in [1.807, 2.05) is 0 Å². The minimum absolute atomic E-state index is 1.05. The van der Waals surface area contributed by atoms with Crippen LogP contribution in [0.5, 0.6) is 0 Å². The zero-order chi connectivity index (χ0) is 22.8. The van der Waals surface area contributed by atoms with Crippen LogP contribution in [-0.4, -0.2) is 0 Å². The summed E-state index contributed by atoms with van der Waals surface area (Å²) in [5.74, 6) is 0. The molecule has 30 heavy (non-hydrogen) atoms. The van der Waals surface area contributed by atoms with Crippen molar-refractivity contribution in [2.45, 2.75) is 106 Å². The van der Waals surface area contributed by atoms with E-state index in [9.17, 15) is 0 Å². The molecule has 0 amide bonds. The third-order valence-electron chi connectivity index (χ3n) is 5.15. The lowest BCUT2D eigenvalue weighted by atomic mass is 10.0. The van der Waals surface area contributed by atoms with Gasteiger partial charge in [0.2, 0.25) is 0 Å². The van der Waals surface area contributed by atoms with E-state index in [-0.39, 0.29) is 0 Å². The third kappa shape index (κ3) is 19.5. The zero-order valence-corrected chi connectivity index (χ0v) is 20.9. The number of hydrogen-bond acceptors (Lipinski definition) is 0. The van der Waals surface area contributed by atoms with Crippen molar-refractivity contribution < 1.29 is 0 Å². The zero-order valence-electron chi connectivity index (χ0n) is 20.9. The van der Waals surface area contributed by atoms with Crippen LogP contribution < -0.4 is 0 Å². The van der Waals surface area contributed by atoms with Crippen LogP contribution in [0, 0.1) is 0 Å². The molecule has 168 valence electrons. The molecule has 0 aliphatic rings. The van der Waals surface area contributed by atoms with E-state index in [0.29, 0.717) is 0 Å². The van der Waals surface area contributed by atoms with E-state index in [0.717, 1.165) is 51.4 Å². The van der Waals surface area contributed by atoms with Crippen LogP contribution in [0.15, 0.2) is 83.1 Å². The molecule has 0 aliphatic carbocycles. The molecule has 0 radical (unpaired) electrons. The van der Waals surface area contributed by atoms with Gasteiger partial charge in [-0.2, -0.15) is 0 Å². The first kappa shape index (κ1) is 28.2. The van der Waals surface area contributed by atoms with Crippen LogP contribution in [0.1, 0.15) is 106 Å². The van der Waals surface area contributed by atoms with Crippen LogP contribution in [-0.2, 0) is 0 Å². The van der Waals surface area contributed by atoms with E-state index in [2.05, 4.69) is 91.2 Å². The monoisotopic (exact) mass is 408 g/mol. The fraction of sp³-hybridized carbons (Fsp3) is 0.533. The lowest BCUT2D eigenvalue weighted by molar-refractivity contribution is 0.856. The lowest BCUT2D eigenvalue weighted by Crippen LogP contribution is -1.83. The molecule has 0 spiro atoms. The van der Waals surface area contributed by atoms with Gasteiger partial charge in [0.15, 0.2) is 0 Å². The minimum atomic E-state index is 1.05. The SMILES string of the molecule is C=C(/C=C/CCC(=C)CC/C=C(\C)CCC=C(C)C)CC/C=C(\C)CCC=C(C)C. The minimum Gasteiger partial charge on any atom is -0.0998 e. The van der Waals surface area contributed by atoms with Crippen LogP contribution in [0.25, 0.3) is 0 Å². The van der Waals surface area contributed by atoms with Gasteiger partial charge in [-0.25, -0.2) is 0 Å². The molecular weight excluding hydrogens is 360 g/mol. The van der Waals surface area contributed by atoms with Crippen molar-refractivity contribution in [2.24, 2.45) is 0 Å². The molecule has 0 aliphatic heterocycles. The topological polar surface area (TPSA) is 0 Å². The molecule has 0 nitrogen and oxygen atoms in total. The Morgan fingerprint density at radius 3 is 1.47 bits per heavy atom. The maximum Gasteiger partial charge on any atom is -0.0250 e. The van der Waals surface area contributed by atoms with Gasteiger partial charge in [-0.1, -0.05) is 83.1 Å². The molecule has 0 N–H and O–H groups in total. The van der Waals surface area contributed by atoms with E-state index >= 15 is 0 Å². The average molecular weight is 409 g/mol. The van der Waals surface area contributed by atoms with Crippen LogP contribution in [0.2, 0.25) is 0 Å². The summed E-state index contributed by atoms with van der Waals surface area (Å²) in [6, 6.07) is 0. The van der Waals surface area contributed by atoms with Crippen LogP contribution in [0.4, 0.5) is 0 Å². The molecule has 0 aromatic carbocycles. The highest BCUT2D eigenvalue weighted by atomic mass is 14.0. The fourth-order valence-electron chi connectivity index (χ4n) is 3.15. The Labute approximate surface area is 188 Å². The third-order valence-corrected chi connectivity index (χ3v) is 5.15. The smallest absolute Gasteiger partial charge is 0.0250 e. The summed E-state index contributed by atoms with van der Waals surface area (Å²) >= 11 is 0. The predicted molar refractivity (Wildman–Crippen MR) is 140 cm³/mol. The first-order valence-electron chi connectivity index (χ1n) is 11.8. The lowest BCUT2D eigenvalue weighted by Gasteiger charge is -2.04. The van der Waals surface area contributed by atoms with Gasteiger partial charge in [0, 0.05) is 0 Å². The highest BCUT2D eigenvalue weighted by Crippen LogP contribution is 2.15. The van der Waals surface area contributed by atoms with Gasteiger partial charge < -0.3 is 0 Å². The van der Waals surface area contributed by atoms with Crippen LogP contribution >= 0.6 is 0 Å². The number of allylic oxidation sites excluding steroid dienone is 12. The summed E-state index contributed by atoms with van der Waals surface area (Å²) < 4.78 is 0. The van der Waals surface area contributed by atoms with Gasteiger partial charge in [0.25, 0.3) is 0 Å². The maximum absolute atomic E-state index is 4.25. The number of hydrogen-bond donors (Lipinski definition) is 0. The van der Waals surface area contributed by atoms with Crippen LogP contribution in [0.3, 0.4) is 0 Å². The number of rotatable bonds is 16. The summed E-state index contributed by atoms with van der Waals surface area (Å²) in [7, 11) is 0. The largest absolute Gasteiger partial charge is 0.0998 e. The normalized spacial score (nSPS) is 12.2. The molecule has 0 fully saturated rings. The van der Waals surface area contributed by atoms with Gasteiger partial charge >= 0.3 is 0 Å². The Kier molecular flexibility index (Phi) is 16.9.